The smallest absolute Gasteiger partial charge is 0.402 e. The number of H-pyrrole nitrogens is 1. The maximum Gasteiger partial charge on any atom is 0.418 e. The second kappa shape index (κ2) is 6.09. The van der Waals surface area contributed by atoms with E-state index < -0.39 is 5.76 Å². The molecule has 3 heterocycles. The van der Waals surface area contributed by atoms with Gasteiger partial charge in [-0.2, -0.15) is 0 Å². The number of anilines is 1. The molecule has 0 aliphatic carbocycles. The van der Waals surface area contributed by atoms with Crippen LogP contribution in [0.5, 0.6) is 0 Å². The first kappa shape index (κ1) is 14.9. The number of nitrogens with one attached hydrogen (secondary N) is 1. The molecule has 1 fully saturated rings. The van der Waals surface area contributed by atoms with E-state index in [1.54, 1.807) is 0 Å². The monoisotopic (exact) mass is 325 g/mol. The lowest BCUT2D eigenvalue weighted by molar-refractivity contribution is 0.217. The van der Waals surface area contributed by atoms with Crippen molar-refractivity contribution in [3.63, 3.8) is 0 Å². The standard InChI is InChI=1S/C17H19N5O2/c1-21-7-8-22(10-13(21)9-12-5-3-2-4-6-12)16-14-15(18-11-19-16)20-17(23)24-14/h2-6,11,13H,7-10H2,1H3,(H,18,19,20,23). The van der Waals surface area contributed by atoms with Gasteiger partial charge in [0.05, 0.1) is 0 Å². The van der Waals surface area contributed by atoms with E-state index in [2.05, 4.69) is 56.1 Å². The van der Waals surface area contributed by atoms with Crippen LogP contribution in [-0.4, -0.2) is 52.6 Å². The van der Waals surface area contributed by atoms with Crippen molar-refractivity contribution in [1.29, 1.82) is 0 Å². The number of benzene rings is 1. The Balaban J connectivity index is 1.61. The normalized spacial score (nSPS) is 19.0. The van der Waals surface area contributed by atoms with E-state index in [-0.39, 0.29) is 0 Å². The molecule has 1 N–H and O–H groups in total. The highest BCUT2D eigenvalue weighted by molar-refractivity contribution is 5.80. The SMILES string of the molecule is CN1CCN(c2ncnc3[nH]c(=O)oc23)CC1Cc1ccccc1. The van der Waals surface area contributed by atoms with Gasteiger partial charge in [0.15, 0.2) is 11.5 Å². The highest BCUT2D eigenvalue weighted by Gasteiger charge is 2.27. The summed E-state index contributed by atoms with van der Waals surface area (Å²) in [6.07, 6.45) is 2.44. The minimum atomic E-state index is -0.498. The van der Waals surface area contributed by atoms with E-state index in [0.717, 1.165) is 26.1 Å². The molecule has 124 valence electrons. The molecule has 1 aliphatic heterocycles. The first-order chi connectivity index (χ1) is 11.7. The number of likely N-dealkylation sites (N-methyl/N-ethyl adjacent to an activating group) is 1. The van der Waals surface area contributed by atoms with Gasteiger partial charge in [-0.3, -0.25) is 9.88 Å². The first-order valence-corrected chi connectivity index (χ1v) is 8.03. The zero-order chi connectivity index (χ0) is 16.5. The summed E-state index contributed by atoms with van der Waals surface area (Å²) in [5.74, 6) is 0.186. The third kappa shape index (κ3) is 2.78. The van der Waals surface area contributed by atoms with E-state index in [4.69, 9.17) is 4.42 Å². The Hall–Kier alpha value is -2.67. The van der Waals surface area contributed by atoms with Crippen molar-refractivity contribution in [2.75, 3.05) is 31.6 Å². The molecule has 4 rings (SSSR count). The molecule has 2 aromatic heterocycles. The van der Waals surface area contributed by atoms with E-state index in [9.17, 15) is 4.79 Å². The first-order valence-electron chi connectivity index (χ1n) is 8.03. The molecule has 0 bridgehead atoms. The van der Waals surface area contributed by atoms with Crippen molar-refractivity contribution in [3.05, 3.63) is 52.8 Å². The molecule has 3 aromatic rings. The zero-order valence-electron chi connectivity index (χ0n) is 13.5. The lowest BCUT2D eigenvalue weighted by Crippen LogP contribution is -2.52. The molecule has 0 saturated carbocycles. The summed E-state index contributed by atoms with van der Waals surface area (Å²) in [7, 11) is 2.15. The number of hydrogen-bond acceptors (Lipinski definition) is 6. The van der Waals surface area contributed by atoms with Gasteiger partial charge in [0.25, 0.3) is 0 Å². The molecule has 1 aliphatic rings. The Bertz CT molecular complexity index is 889. The van der Waals surface area contributed by atoms with Crippen LogP contribution in [0.4, 0.5) is 5.82 Å². The fraction of sp³-hybridized carbons (Fsp3) is 0.353. The summed E-state index contributed by atoms with van der Waals surface area (Å²) >= 11 is 0. The van der Waals surface area contributed by atoms with Gasteiger partial charge in [-0.25, -0.2) is 14.8 Å². The summed E-state index contributed by atoms with van der Waals surface area (Å²) in [5.41, 5.74) is 2.20. The van der Waals surface area contributed by atoms with Crippen molar-refractivity contribution >= 4 is 17.0 Å². The number of hydrogen-bond donors (Lipinski definition) is 1. The van der Waals surface area contributed by atoms with E-state index >= 15 is 0 Å². The second-order valence-electron chi connectivity index (χ2n) is 6.16. The molecule has 1 saturated heterocycles. The summed E-state index contributed by atoms with van der Waals surface area (Å²) in [6.45, 7) is 2.59. The van der Waals surface area contributed by atoms with Crippen LogP contribution in [0.2, 0.25) is 0 Å². The van der Waals surface area contributed by atoms with Crippen LogP contribution in [0.1, 0.15) is 5.56 Å². The summed E-state index contributed by atoms with van der Waals surface area (Å²) in [5, 5.41) is 0. The van der Waals surface area contributed by atoms with E-state index in [1.165, 1.54) is 11.9 Å². The third-order valence-corrected chi connectivity index (χ3v) is 4.59. The molecule has 7 nitrogen and oxygen atoms in total. The lowest BCUT2D eigenvalue weighted by atomic mass is 10.0. The van der Waals surface area contributed by atoms with Crippen molar-refractivity contribution in [2.24, 2.45) is 0 Å². The third-order valence-electron chi connectivity index (χ3n) is 4.59. The van der Waals surface area contributed by atoms with Gasteiger partial charge in [0, 0.05) is 25.7 Å². The van der Waals surface area contributed by atoms with Gasteiger partial charge in [0.1, 0.15) is 6.33 Å². The van der Waals surface area contributed by atoms with Gasteiger partial charge in [-0.1, -0.05) is 30.3 Å². The molecule has 7 heteroatoms. The van der Waals surface area contributed by atoms with Gasteiger partial charge >= 0.3 is 5.76 Å². The molecule has 1 unspecified atom stereocenters. The predicted molar refractivity (Wildman–Crippen MR) is 91.2 cm³/mol. The Labute approximate surface area is 138 Å². The van der Waals surface area contributed by atoms with E-state index in [1.807, 2.05) is 6.07 Å². The number of oxazole rings is 1. The lowest BCUT2D eigenvalue weighted by Gasteiger charge is -2.40. The number of aromatic nitrogens is 3. The minimum absolute atomic E-state index is 0.372. The average Bonchev–Trinajstić information content (AvgIpc) is 2.98. The van der Waals surface area contributed by atoms with Gasteiger partial charge in [0.2, 0.25) is 5.58 Å². The number of aromatic amines is 1. The fourth-order valence-electron chi connectivity index (χ4n) is 3.23. The zero-order valence-corrected chi connectivity index (χ0v) is 13.5. The quantitative estimate of drug-likeness (QED) is 0.781. The van der Waals surface area contributed by atoms with Crippen LogP contribution in [0.15, 0.2) is 45.9 Å². The highest BCUT2D eigenvalue weighted by atomic mass is 16.4. The van der Waals surface area contributed by atoms with Crippen LogP contribution in [0, 0.1) is 0 Å². The molecule has 24 heavy (non-hydrogen) atoms. The molecule has 1 atom stereocenters. The minimum Gasteiger partial charge on any atom is -0.402 e. The largest absolute Gasteiger partial charge is 0.418 e. The van der Waals surface area contributed by atoms with Gasteiger partial charge in [-0.05, 0) is 19.0 Å². The predicted octanol–water partition coefficient (Wildman–Crippen LogP) is 1.27. The topological polar surface area (TPSA) is 78.3 Å². The Morgan fingerprint density at radius 3 is 2.92 bits per heavy atom. The summed E-state index contributed by atoms with van der Waals surface area (Å²) in [6, 6.07) is 10.8. The number of rotatable bonds is 3. The van der Waals surface area contributed by atoms with Crippen molar-refractivity contribution < 1.29 is 4.42 Å². The van der Waals surface area contributed by atoms with Gasteiger partial charge < -0.3 is 9.32 Å². The maximum absolute atomic E-state index is 11.5. The average molecular weight is 325 g/mol. The molecule has 0 radical (unpaired) electrons. The summed E-state index contributed by atoms with van der Waals surface area (Å²) in [4.78, 5) is 27.0. The van der Waals surface area contributed by atoms with E-state index in [0.29, 0.717) is 23.1 Å². The number of piperazine rings is 1. The van der Waals surface area contributed by atoms with Crippen molar-refractivity contribution in [3.8, 4) is 0 Å². The van der Waals surface area contributed by atoms with Crippen LogP contribution in [-0.2, 0) is 6.42 Å². The second-order valence-corrected chi connectivity index (χ2v) is 6.16. The highest BCUT2D eigenvalue weighted by Crippen LogP contribution is 2.24. The Morgan fingerprint density at radius 1 is 1.25 bits per heavy atom. The Kier molecular flexibility index (Phi) is 3.78. The molecular weight excluding hydrogens is 306 g/mol. The maximum atomic E-state index is 11.5. The molecule has 1 aromatic carbocycles. The van der Waals surface area contributed by atoms with Crippen LogP contribution < -0.4 is 10.7 Å². The molecular formula is C17H19N5O2. The molecule has 0 amide bonds. The number of fused-ring (bicyclic) bond motifs is 1. The Morgan fingerprint density at radius 2 is 2.08 bits per heavy atom. The molecule has 0 spiro atoms. The summed E-state index contributed by atoms with van der Waals surface area (Å²) < 4.78 is 5.24. The van der Waals surface area contributed by atoms with Crippen molar-refractivity contribution in [2.45, 2.75) is 12.5 Å². The van der Waals surface area contributed by atoms with Gasteiger partial charge in [-0.15, -0.1) is 0 Å². The van der Waals surface area contributed by atoms with Crippen LogP contribution in [0.25, 0.3) is 11.2 Å². The fourth-order valence-corrected chi connectivity index (χ4v) is 3.23. The van der Waals surface area contributed by atoms with Crippen LogP contribution >= 0.6 is 0 Å². The number of nitrogens with zero attached hydrogens (tertiary/aromatic N) is 4. The van der Waals surface area contributed by atoms with Crippen molar-refractivity contribution in [1.82, 2.24) is 19.9 Å². The van der Waals surface area contributed by atoms with Crippen LogP contribution in [0.3, 0.4) is 0 Å².